The number of amides is 2. The highest BCUT2D eigenvalue weighted by atomic mass is 79.9. The Bertz CT molecular complexity index is 762. The van der Waals surface area contributed by atoms with Gasteiger partial charge in [-0.2, -0.15) is 0 Å². The summed E-state index contributed by atoms with van der Waals surface area (Å²) in [7, 11) is 1.84. The van der Waals surface area contributed by atoms with Crippen LogP contribution >= 0.6 is 27.7 Å². The first-order valence-electron chi connectivity index (χ1n) is 7.51. The number of aryl methyl sites for hydroxylation is 1. The zero-order chi connectivity index (χ0) is 17.3. The van der Waals surface area contributed by atoms with Crippen LogP contribution < -0.4 is 4.90 Å². The van der Waals surface area contributed by atoms with E-state index in [2.05, 4.69) is 15.9 Å². The van der Waals surface area contributed by atoms with Gasteiger partial charge in [0.15, 0.2) is 5.37 Å². The van der Waals surface area contributed by atoms with Gasteiger partial charge in [-0.25, -0.2) is 0 Å². The molecule has 0 aromatic heterocycles. The quantitative estimate of drug-likeness (QED) is 0.756. The van der Waals surface area contributed by atoms with Gasteiger partial charge < -0.3 is 4.90 Å². The molecule has 6 heteroatoms. The van der Waals surface area contributed by atoms with E-state index in [0.717, 1.165) is 33.0 Å². The number of rotatable bonds is 4. The topological polar surface area (TPSA) is 40.6 Å². The minimum absolute atomic E-state index is 0.170. The van der Waals surface area contributed by atoms with Crippen LogP contribution in [-0.2, 0) is 11.3 Å². The second-order valence-electron chi connectivity index (χ2n) is 5.73. The summed E-state index contributed by atoms with van der Waals surface area (Å²) in [6.07, 6.45) is 0. The van der Waals surface area contributed by atoms with Gasteiger partial charge in [0, 0.05) is 17.2 Å². The Morgan fingerprint density at radius 2 is 1.71 bits per heavy atom. The van der Waals surface area contributed by atoms with Gasteiger partial charge in [-0.3, -0.25) is 14.5 Å². The first kappa shape index (κ1) is 17.0. The molecule has 1 saturated heterocycles. The van der Waals surface area contributed by atoms with Crippen molar-refractivity contribution in [1.29, 1.82) is 0 Å². The number of benzene rings is 2. The molecule has 1 atom stereocenters. The molecule has 4 nitrogen and oxygen atoms in total. The average Bonchev–Trinajstić information content (AvgIpc) is 2.85. The van der Waals surface area contributed by atoms with Crippen LogP contribution in [0.4, 0.5) is 10.5 Å². The second-order valence-corrected chi connectivity index (χ2v) is 7.68. The van der Waals surface area contributed by atoms with E-state index in [1.165, 1.54) is 4.90 Å². The predicted octanol–water partition coefficient (Wildman–Crippen LogP) is 4.42. The lowest BCUT2D eigenvalue weighted by atomic mass is 10.2. The normalized spacial score (nSPS) is 17.5. The second kappa shape index (κ2) is 6.99. The number of hydrogen-bond acceptors (Lipinski definition) is 4. The third-order valence-electron chi connectivity index (χ3n) is 3.96. The highest BCUT2D eigenvalue weighted by Crippen LogP contribution is 2.33. The third-order valence-corrected chi connectivity index (χ3v) is 5.65. The van der Waals surface area contributed by atoms with E-state index >= 15 is 0 Å². The lowest BCUT2D eigenvalue weighted by molar-refractivity contribution is -0.127. The molecule has 0 saturated carbocycles. The SMILES string of the molecule is Cc1ccc(N(C)[C@@H]2SC(=O)N(Cc3ccc(Br)cc3)C2=O)cc1. The Hall–Kier alpha value is -1.79. The summed E-state index contributed by atoms with van der Waals surface area (Å²) in [5.74, 6) is -0.170. The smallest absolute Gasteiger partial charge is 0.291 e. The zero-order valence-electron chi connectivity index (χ0n) is 13.4. The molecule has 0 N–H and O–H groups in total. The van der Waals surface area contributed by atoms with Crippen LogP contribution in [0.3, 0.4) is 0 Å². The van der Waals surface area contributed by atoms with Crippen molar-refractivity contribution in [2.75, 3.05) is 11.9 Å². The number of carbonyl (C=O) groups is 2. The van der Waals surface area contributed by atoms with E-state index in [0.29, 0.717) is 6.54 Å². The third kappa shape index (κ3) is 3.49. The van der Waals surface area contributed by atoms with Gasteiger partial charge in [0.05, 0.1) is 6.54 Å². The van der Waals surface area contributed by atoms with Crippen molar-refractivity contribution >= 4 is 44.5 Å². The first-order chi connectivity index (χ1) is 11.5. The molecule has 1 aliphatic rings. The van der Waals surface area contributed by atoms with Crippen LogP contribution in [0.2, 0.25) is 0 Å². The van der Waals surface area contributed by atoms with Crippen LogP contribution in [0.5, 0.6) is 0 Å². The molecule has 0 radical (unpaired) electrons. The first-order valence-corrected chi connectivity index (χ1v) is 9.19. The van der Waals surface area contributed by atoms with E-state index in [-0.39, 0.29) is 11.1 Å². The molecular formula is C18H17BrN2O2S. The molecule has 0 bridgehead atoms. The van der Waals surface area contributed by atoms with Crippen LogP contribution in [0.25, 0.3) is 0 Å². The van der Waals surface area contributed by atoms with Gasteiger partial charge in [-0.05, 0) is 48.5 Å². The summed E-state index contributed by atoms with van der Waals surface area (Å²) in [6, 6.07) is 15.6. The van der Waals surface area contributed by atoms with Crippen LogP contribution in [0, 0.1) is 6.92 Å². The van der Waals surface area contributed by atoms with Gasteiger partial charge in [0.2, 0.25) is 0 Å². The van der Waals surface area contributed by atoms with Crippen molar-refractivity contribution in [1.82, 2.24) is 4.90 Å². The lowest BCUT2D eigenvalue weighted by Crippen LogP contribution is -2.39. The highest BCUT2D eigenvalue weighted by molar-refractivity contribution is 9.10. The minimum Gasteiger partial charge on any atom is -0.354 e. The lowest BCUT2D eigenvalue weighted by Gasteiger charge is -2.24. The Morgan fingerprint density at radius 1 is 1.08 bits per heavy atom. The van der Waals surface area contributed by atoms with Gasteiger partial charge >= 0.3 is 0 Å². The summed E-state index contributed by atoms with van der Waals surface area (Å²) in [5, 5.41) is -0.720. The van der Waals surface area contributed by atoms with E-state index in [1.54, 1.807) is 0 Å². The van der Waals surface area contributed by atoms with E-state index in [1.807, 2.05) is 67.4 Å². The van der Waals surface area contributed by atoms with Crippen LogP contribution in [0.1, 0.15) is 11.1 Å². The molecule has 2 aromatic carbocycles. The summed E-state index contributed by atoms with van der Waals surface area (Å²) >= 11 is 4.45. The number of likely N-dealkylation sites (N-methyl/N-ethyl adjacent to an activating group) is 1. The van der Waals surface area contributed by atoms with Gasteiger partial charge in [0.25, 0.3) is 11.1 Å². The van der Waals surface area contributed by atoms with Gasteiger partial charge in [-0.1, -0.05) is 45.8 Å². The molecule has 0 aliphatic carbocycles. The maximum absolute atomic E-state index is 12.7. The summed E-state index contributed by atoms with van der Waals surface area (Å²) in [4.78, 5) is 28.2. The number of imide groups is 1. The maximum atomic E-state index is 12.7. The fourth-order valence-corrected chi connectivity index (χ4v) is 3.75. The van der Waals surface area contributed by atoms with Crippen molar-refractivity contribution in [2.24, 2.45) is 0 Å². The predicted molar refractivity (Wildman–Crippen MR) is 101 cm³/mol. The summed E-state index contributed by atoms with van der Waals surface area (Å²) in [5.41, 5.74) is 3.01. The number of halogens is 1. The van der Waals surface area contributed by atoms with E-state index in [4.69, 9.17) is 0 Å². The van der Waals surface area contributed by atoms with E-state index in [9.17, 15) is 9.59 Å². The Labute approximate surface area is 154 Å². The molecule has 1 fully saturated rings. The summed E-state index contributed by atoms with van der Waals surface area (Å²) in [6.45, 7) is 2.32. The fourth-order valence-electron chi connectivity index (χ4n) is 2.51. The molecule has 2 amide bonds. The van der Waals surface area contributed by atoms with Crippen LogP contribution in [0.15, 0.2) is 53.0 Å². The molecule has 0 spiro atoms. The average molecular weight is 405 g/mol. The zero-order valence-corrected chi connectivity index (χ0v) is 15.8. The molecule has 24 heavy (non-hydrogen) atoms. The molecule has 2 aromatic rings. The molecular weight excluding hydrogens is 388 g/mol. The maximum Gasteiger partial charge on any atom is 0.291 e. The van der Waals surface area contributed by atoms with Crippen molar-refractivity contribution in [3.63, 3.8) is 0 Å². The van der Waals surface area contributed by atoms with Crippen LogP contribution in [-0.4, -0.2) is 28.5 Å². The van der Waals surface area contributed by atoms with E-state index < -0.39 is 5.37 Å². The van der Waals surface area contributed by atoms with Crippen molar-refractivity contribution in [2.45, 2.75) is 18.8 Å². The molecule has 124 valence electrons. The number of thioether (sulfide) groups is 1. The Morgan fingerprint density at radius 3 is 2.33 bits per heavy atom. The molecule has 1 aliphatic heterocycles. The highest BCUT2D eigenvalue weighted by Gasteiger charge is 2.42. The van der Waals surface area contributed by atoms with Gasteiger partial charge in [-0.15, -0.1) is 0 Å². The number of hydrogen-bond donors (Lipinski definition) is 0. The number of nitrogens with zero attached hydrogens (tertiary/aromatic N) is 2. The standard InChI is InChI=1S/C18H17BrN2O2S/c1-12-3-9-15(10-4-12)20(2)17-16(22)21(18(23)24-17)11-13-5-7-14(19)8-6-13/h3-10,17H,11H2,1-2H3/t17-/m1/s1. The van der Waals surface area contributed by atoms with Crippen molar-refractivity contribution in [3.8, 4) is 0 Å². The van der Waals surface area contributed by atoms with Crippen molar-refractivity contribution < 1.29 is 9.59 Å². The number of carbonyl (C=O) groups excluding carboxylic acids is 2. The monoisotopic (exact) mass is 404 g/mol. The van der Waals surface area contributed by atoms with Gasteiger partial charge in [0.1, 0.15) is 0 Å². The van der Waals surface area contributed by atoms with Crippen molar-refractivity contribution in [3.05, 3.63) is 64.1 Å². The Kier molecular flexibility index (Phi) is 4.96. The molecule has 0 unspecified atom stereocenters. The largest absolute Gasteiger partial charge is 0.354 e. The molecule has 1 heterocycles. The minimum atomic E-state index is -0.518. The number of anilines is 1. The Balaban J connectivity index is 1.75. The summed E-state index contributed by atoms with van der Waals surface area (Å²) < 4.78 is 0.969. The fraction of sp³-hybridized carbons (Fsp3) is 0.222. The molecule has 3 rings (SSSR count).